The van der Waals surface area contributed by atoms with Crippen molar-refractivity contribution in [3.8, 4) is 11.3 Å². The van der Waals surface area contributed by atoms with Gasteiger partial charge < -0.3 is 4.98 Å². The smallest absolute Gasteiger partial charge is 0.251 e. The van der Waals surface area contributed by atoms with Crippen LogP contribution >= 0.6 is 11.6 Å². The molecule has 18 heavy (non-hydrogen) atoms. The molecule has 3 rings (SSSR count). The molecule has 1 aliphatic rings. The molecule has 1 aromatic carbocycles. The molecule has 1 N–H and O–H groups in total. The number of nitrogens with zero attached hydrogens (tertiary/aromatic N) is 1. The van der Waals surface area contributed by atoms with E-state index in [-0.39, 0.29) is 5.56 Å². The fraction of sp³-hybridized carbons (Fsp3) is 0.231. The van der Waals surface area contributed by atoms with Gasteiger partial charge in [0.1, 0.15) is 11.6 Å². The molecule has 5 heteroatoms. The van der Waals surface area contributed by atoms with Crippen LogP contribution in [0.3, 0.4) is 0 Å². The van der Waals surface area contributed by atoms with Gasteiger partial charge in [-0.1, -0.05) is 11.6 Å². The third kappa shape index (κ3) is 2.16. The molecule has 0 amide bonds. The maximum Gasteiger partial charge on any atom is 0.251 e. The number of hydrogen-bond acceptors (Lipinski definition) is 2. The van der Waals surface area contributed by atoms with Gasteiger partial charge in [0.05, 0.1) is 5.69 Å². The molecule has 0 spiro atoms. The number of aromatic nitrogens is 2. The number of benzene rings is 1. The van der Waals surface area contributed by atoms with Crippen LogP contribution in [0.2, 0.25) is 5.02 Å². The minimum atomic E-state index is -0.470. The topological polar surface area (TPSA) is 45.8 Å². The minimum Gasteiger partial charge on any atom is -0.310 e. The Hall–Kier alpha value is -1.68. The van der Waals surface area contributed by atoms with E-state index in [9.17, 15) is 9.18 Å². The predicted molar refractivity (Wildman–Crippen MR) is 67.2 cm³/mol. The first-order valence-corrected chi connectivity index (χ1v) is 6.08. The molecule has 1 aliphatic carbocycles. The third-order valence-electron chi connectivity index (χ3n) is 2.93. The molecular formula is C13H10ClFN2O. The molecule has 0 saturated heterocycles. The summed E-state index contributed by atoms with van der Waals surface area (Å²) in [5.74, 6) is 0.488. The first-order valence-electron chi connectivity index (χ1n) is 5.70. The van der Waals surface area contributed by atoms with Crippen molar-refractivity contribution in [3.05, 3.63) is 51.3 Å². The van der Waals surface area contributed by atoms with Gasteiger partial charge >= 0.3 is 0 Å². The largest absolute Gasteiger partial charge is 0.310 e. The third-order valence-corrected chi connectivity index (χ3v) is 3.17. The number of rotatable bonds is 2. The Morgan fingerprint density at radius 3 is 2.78 bits per heavy atom. The minimum absolute atomic E-state index is 0.253. The first kappa shape index (κ1) is 11.4. The molecule has 1 fully saturated rings. The fourth-order valence-electron chi connectivity index (χ4n) is 1.86. The highest BCUT2D eigenvalue weighted by molar-refractivity contribution is 6.30. The molecule has 2 aromatic rings. The van der Waals surface area contributed by atoms with E-state index in [0.717, 1.165) is 12.8 Å². The molecule has 0 aliphatic heterocycles. The Labute approximate surface area is 108 Å². The van der Waals surface area contributed by atoms with Gasteiger partial charge in [-0.05, 0) is 31.0 Å². The normalized spacial score (nSPS) is 14.8. The van der Waals surface area contributed by atoms with E-state index < -0.39 is 5.82 Å². The number of aromatic amines is 1. The zero-order valence-electron chi connectivity index (χ0n) is 9.41. The van der Waals surface area contributed by atoms with Crippen molar-refractivity contribution < 1.29 is 4.39 Å². The van der Waals surface area contributed by atoms with Gasteiger partial charge in [0, 0.05) is 22.6 Å². The summed E-state index contributed by atoms with van der Waals surface area (Å²) in [6, 6.07) is 5.64. The molecule has 1 heterocycles. The second-order valence-electron chi connectivity index (χ2n) is 4.41. The maximum absolute atomic E-state index is 13.8. The monoisotopic (exact) mass is 264 g/mol. The molecule has 92 valence electrons. The van der Waals surface area contributed by atoms with Crippen molar-refractivity contribution in [1.82, 2.24) is 9.97 Å². The first-order chi connectivity index (χ1) is 8.63. The van der Waals surface area contributed by atoms with Crippen LogP contribution in [0, 0.1) is 5.82 Å². The summed E-state index contributed by atoms with van der Waals surface area (Å²) in [7, 11) is 0. The van der Waals surface area contributed by atoms with E-state index in [1.54, 1.807) is 6.07 Å². The zero-order valence-corrected chi connectivity index (χ0v) is 10.2. The van der Waals surface area contributed by atoms with Crippen molar-refractivity contribution in [2.45, 2.75) is 18.8 Å². The van der Waals surface area contributed by atoms with Gasteiger partial charge in [-0.3, -0.25) is 4.79 Å². The van der Waals surface area contributed by atoms with Gasteiger partial charge in [0.2, 0.25) is 0 Å². The van der Waals surface area contributed by atoms with E-state index in [2.05, 4.69) is 9.97 Å². The van der Waals surface area contributed by atoms with Gasteiger partial charge in [-0.25, -0.2) is 9.37 Å². The molecule has 0 atom stereocenters. The molecule has 0 bridgehead atoms. The standard InChI is InChI=1S/C13H10ClFN2O/c14-8-3-4-9(10(15)5-8)11-6-12(18)17-13(16-11)7-1-2-7/h3-7H,1-2H2,(H,16,17,18). The Balaban J connectivity index is 2.13. The number of halogens is 2. The number of nitrogens with one attached hydrogen (secondary N) is 1. The molecule has 1 saturated carbocycles. The van der Waals surface area contributed by atoms with Gasteiger partial charge in [0.15, 0.2) is 0 Å². The Kier molecular flexibility index (Phi) is 2.67. The molecular weight excluding hydrogens is 255 g/mol. The number of hydrogen-bond donors (Lipinski definition) is 1. The summed E-state index contributed by atoms with van der Waals surface area (Å²) in [5, 5.41) is 0.323. The quantitative estimate of drug-likeness (QED) is 0.906. The number of H-pyrrole nitrogens is 1. The fourth-order valence-corrected chi connectivity index (χ4v) is 2.02. The molecule has 0 unspecified atom stereocenters. The van der Waals surface area contributed by atoms with Crippen molar-refractivity contribution in [2.75, 3.05) is 0 Å². The van der Waals surface area contributed by atoms with Gasteiger partial charge in [-0.15, -0.1) is 0 Å². The van der Waals surface area contributed by atoms with Crippen molar-refractivity contribution in [2.24, 2.45) is 0 Å². The molecule has 0 radical (unpaired) electrons. The second-order valence-corrected chi connectivity index (χ2v) is 4.85. The highest BCUT2D eigenvalue weighted by Gasteiger charge is 2.26. The van der Waals surface area contributed by atoms with Crippen LogP contribution in [0.5, 0.6) is 0 Å². The Bertz CT molecular complexity index is 664. The lowest BCUT2D eigenvalue weighted by molar-refractivity contribution is 0.630. The zero-order chi connectivity index (χ0) is 12.7. The van der Waals surface area contributed by atoms with Crippen LogP contribution in [0.15, 0.2) is 29.1 Å². The summed E-state index contributed by atoms with van der Waals surface area (Å²) in [4.78, 5) is 18.6. The summed E-state index contributed by atoms with van der Waals surface area (Å²) in [6.45, 7) is 0. The lowest BCUT2D eigenvalue weighted by atomic mass is 10.1. The highest BCUT2D eigenvalue weighted by atomic mass is 35.5. The van der Waals surface area contributed by atoms with Crippen LogP contribution in [0.1, 0.15) is 24.6 Å². The van der Waals surface area contributed by atoms with Crippen LogP contribution in [0.4, 0.5) is 4.39 Å². The lowest BCUT2D eigenvalue weighted by Crippen LogP contribution is -2.10. The lowest BCUT2D eigenvalue weighted by Gasteiger charge is -2.05. The van der Waals surface area contributed by atoms with Crippen molar-refractivity contribution >= 4 is 11.6 Å². The second kappa shape index (κ2) is 4.21. The van der Waals surface area contributed by atoms with Crippen LogP contribution in [0.25, 0.3) is 11.3 Å². The molecule has 3 nitrogen and oxygen atoms in total. The maximum atomic E-state index is 13.8. The van der Waals surface area contributed by atoms with E-state index in [1.165, 1.54) is 18.2 Å². The van der Waals surface area contributed by atoms with Gasteiger partial charge in [-0.2, -0.15) is 0 Å². The van der Waals surface area contributed by atoms with Crippen molar-refractivity contribution in [1.29, 1.82) is 0 Å². The van der Waals surface area contributed by atoms with E-state index in [0.29, 0.717) is 28.0 Å². The summed E-state index contributed by atoms with van der Waals surface area (Å²) in [5.41, 5.74) is 0.401. The van der Waals surface area contributed by atoms with Gasteiger partial charge in [0.25, 0.3) is 5.56 Å². The van der Waals surface area contributed by atoms with Crippen molar-refractivity contribution in [3.63, 3.8) is 0 Å². The SMILES string of the molecule is O=c1cc(-c2ccc(Cl)cc2F)nc(C2CC2)[nH]1. The van der Waals surface area contributed by atoms with Crippen LogP contribution < -0.4 is 5.56 Å². The predicted octanol–water partition coefficient (Wildman–Crippen LogP) is 3.11. The van der Waals surface area contributed by atoms with Crippen LogP contribution in [-0.4, -0.2) is 9.97 Å². The van der Waals surface area contributed by atoms with E-state index in [1.807, 2.05) is 0 Å². The highest BCUT2D eigenvalue weighted by Crippen LogP contribution is 2.38. The molecule has 1 aromatic heterocycles. The Morgan fingerprint density at radius 1 is 1.33 bits per heavy atom. The van der Waals surface area contributed by atoms with E-state index in [4.69, 9.17) is 11.6 Å². The summed E-state index contributed by atoms with van der Waals surface area (Å²) in [6.07, 6.45) is 2.05. The summed E-state index contributed by atoms with van der Waals surface area (Å²) < 4.78 is 13.8. The Morgan fingerprint density at radius 2 is 2.11 bits per heavy atom. The van der Waals surface area contributed by atoms with Crippen LogP contribution in [-0.2, 0) is 0 Å². The van der Waals surface area contributed by atoms with E-state index >= 15 is 0 Å². The average molecular weight is 265 g/mol. The average Bonchev–Trinajstić information content (AvgIpc) is 3.11. The summed E-state index contributed by atoms with van der Waals surface area (Å²) >= 11 is 5.70.